The second kappa shape index (κ2) is 19.3. The minimum absolute atomic E-state index is 0.0888. The molecular weight excluding hydrogens is 646 g/mol. The standard InChI is InChI=1S/C36H53N5O7S/c1-9-11-12-17-47-41(34(44)31(38)23(5)10-2)29(22(3)4)19-30(48-24(6)42)33-40-28(21-49-33)32(43)39-27(20-36(7,8)35(45)46)18-25-13-15-26(37)16-14-25/h1,13-16,21-23,27,29-31H,10-12,17-20,37-38H2,2-8H3,(H,39,43)(H,45,46)/t23-,27-,29+,30+,31-/m0/s1. The van der Waals surface area contributed by atoms with Crippen molar-refractivity contribution in [1.29, 1.82) is 0 Å². The van der Waals surface area contributed by atoms with Crippen molar-refractivity contribution in [3.05, 3.63) is 45.9 Å². The zero-order chi connectivity index (χ0) is 36.9. The van der Waals surface area contributed by atoms with E-state index < -0.39 is 47.5 Å². The van der Waals surface area contributed by atoms with Gasteiger partial charge in [0, 0.05) is 36.9 Å². The summed E-state index contributed by atoms with van der Waals surface area (Å²) in [4.78, 5) is 62.1. The van der Waals surface area contributed by atoms with Crippen LogP contribution < -0.4 is 16.8 Å². The topological polar surface area (TPSA) is 187 Å². The number of nitrogens with two attached hydrogens (primary N) is 2. The number of hydrogen-bond acceptors (Lipinski definition) is 10. The van der Waals surface area contributed by atoms with Crippen LogP contribution in [0.5, 0.6) is 0 Å². The van der Waals surface area contributed by atoms with Gasteiger partial charge in [0.15, 0.2) is 6.10 Å². The minimum Gasteiger partial charge on any atom is -0.481 e. The lowest BCUT2D eigenvalue weighted by Crippen LogP contribution is -2.53. The molecule has 49 heavy (non-hydrogen) atoms. The Bertz CT molecular complexity index is 1440. The fourth-order valence-corrected chi connectivity index (χ4v) is 6.02. The first-order chi connectivity index (χ1) is 23.0. The van der Waals surface area contributed by atoms with Crippen LogP contribution in [0.25, 0.3) is 0 Å². The van der Waals surface area contributed by atoms with Crippen molar-refractivity contribution in [2.45, 2.75) is 111 Å². The minimum atomic E-state index is -1.12. The summed E-state index contributed by atoms with van der Waals surface area (Å²) in [7, 11) is 0. The van der Waals surface area contributed by atoms with E-state index in [1.54, 1.807) is 31.4 Å². The zero-order valence-corrected chi connectivity index (χ0v) is 30.5. The van der Waals surface area contributed by atoms with E-state index in [-0.39, 0.29) is 42.9 Å². The lowest BCUT2D eigenvalue weighted by atomic mass is 9.84. The van der Waals surface area contributed by atoms with Crippen LogP contribution in [0.3, 0.4) is 0 Å². The lowest BCUT2D eigenvalue weighted by Gasteiger charge is -2.37. The summed E-state index contributed by atoms with van der Waals surface area (Å²) < 4.78 is 5.72. The maximum absolute atomic E-state index is 13.7. The van der Waals surface area contributed by atoms with Gasteiger partial charge in [-0.2, -0.15) is 0 Å². The van der Waals surface area contributed by atoms with Crippen LogP contribution in [0.15, 0.2) is 29.6 Å². The number of anilines is 1. The van der Waals surface area contributed by atoms with Gasteiger partial charge in [0.1, 0.15) is 10.7 Å². The second-order valence-electron chi connectivity index (χ2n) is 13.4. The Morgan fingerprint density at radius 1 is 1.16 bits per heavy atom. The van der Waals surface area contributed by atoms with Crippen molar-refractivity contribution in [2.24, 2.45) is 23.0 Å². The van der Waals surface area contributed by atoms with E-state index in [1.807, 2.05) is 39.8 Å². The number of ether oxygens (including phenoxy) is 1. The molecule has 0 spiro atoms. The van der Waals surface area contributed by atoms with E-state index in [9.17, 15) is 24.3 Å². The third kappa shape index (κ3) is 12.8. The Morgan fingerprint density at radius 3 is 2.37 bits per heavy atom. The molecule has 0 aliphatic heterocycles. The van der Waals surface area contributed by atoms with Gasteiger partial charge in [0.05, 0.1) is 24.1 Å². The third-order valence-corrected chi connectivity index (χ3v) is 9.39. The Hall–Kier alpha value is -3.99. The van der Waals surface area contributed by atoms with Crippen LogP contribution in [0, 0.1) is 29.6 Å². The molecule has 0 fully saturated rings. The fraction of sp³-hybridized carbons (Fsp3) is 0.583. The summed E-state index contributed by atoms with van der Waals surface area (Å²) in [5.74, 6) is -0.112. The number of terminal acetylenes is 1. The maximum Gasteiger partial charge on any atom is 0.309 e. The van der Waals surface area contributed by atoms with Crippen LogP contribution in [-0.4, -0.2) is 63.6 Å². The van der Waals surface area contributed by atoms with Gasteiger partial charge < -0.3 is 26.6 Å². The predicted molar refractivity (Wildman–Crippen MR) is 190 cm³/mol. The number of aliphatic carboxylic acids is 1. The first kappa shape index (κ1) is 41.2. The fourth-order valence-electron chi connectivity index (χ4n) is 5.18. The summed E-state index contributed by atoms with van der Waals surface area (Å²) in [5.41, 5.74) is 12.6. The van der Waals surface area contributed by atoms with Crippen LogP contribution in [-0.2, 0) is 30.4 Å². The van der Waals surface area contributed by atoms with E-state index in [0.717, 1.165) is 16.9 Å². The summed E-state index contributed by atoms with van der Waals surface area (Å²) in [6, 6.07) is 5.25. The quantitative estimate of drug-likeness (QED) is 0.0474. The number of carbonyl (C=O) groups excluding carboxylic acids is 3. The molecule has 0 radical (unpaired) electrons. The van der Waals surface area contributed by atoms with Gasteiger partial charge in [-0.25, -0.2) is 10.0 Å². The molecule has 0 saturated heterocycles. The highest BCUT2D eigenvalue weighted by Crippen LogP contribution is 2.32. The Labute approximate surface area is 294 Å². The second-order valence-corrected chi connectivity index (χ2v) is 14.3. The summed E-state index contributed by atoms with van der Waals surface area (Å²) >= 11 is 1.14. The number of thiazole rings is 1. The summed E-state index contributed by atoms with van der Waals surface area (Å²) in [5, 5.41) is 16.0. The number of nitrogens with zero attached hydrogens (tertiary/aromatic N) is 2. The van der Waals surface area contributed by atoms with E-state index in [4.69, 9.17) is 27.5 Å². The maximum atomic E-state index is 13.7. The van der Waals surface area contributed by atoms with Gasteiger partial charge in [-0.05, 0) is 62.6 Å². The molecule has 2 amide bonds. The molecular formula is C36H53N5O7S. The van der Waals surface area contributed by atoms with Gasteiger partial charge in [-0.1, -0.05) is 46.2 Å². The Morgan fingerprint density at radius 2 is 1.82 bits per heavy atom. The Balaban J connectivity index is 2.39. The summed E-state index contributed by atoms with van der Waals surface area (Å²) in [6.07, 6.45) is 6.86. The molecule has 1 aromatic carbocycles. The smallest absolute Gasteiger partial charge is 0.309 e. The van der Waals surface area contributed by atoms with Crippen molar-refractivity contribution >= 4 is 40.8 Å². The lowest BCUT2D eigenvalue weighted by molar-refractivity contribution is -0.212. The molecule has 6 N–H and O–H groups in total. The third-order valence-electron chi connectivity index (χ3n) is 8.45. The highest BCUT2D eigenvalue weighted by Gasteiger charge is 2.37. The van der Waals surface area contributed by atoms with E-state index in [1.165, 1.54) is 12.0 Å². The number of carboxylic acid groups (broad SMARTS) is 1. The molecule has 0 aliphatic rings. The Kier molecular flexibility index (Phi) is 16.2. The van der Waals surface area contributed by atoms with Crippen molar-refractivity contribution in [3.63, 3.8) is 0 Å². The molecule has 0 aliphatic carbocycles. The van der Waals surface area contributed by atoms with Crippen LogP contribution in [0.1, 0.15) is 108 Å². The number of carbonyl (C=O) groups is 4. The molecule has 5 atom stereocenters. The molecule has 0 bridgehead atoms. The molecule has 2 aromatic rings. The van der Waals surface area contributed by atoms with E-state index in [0.29, 0.717) is 36.4 Å². The largest absolute Gasteiger partial charge is 0.481 e. The number of esters is 1. The zero-order valence-electron chi connectivity index (χ0n) is 29.7. The molecule has 12 nitrogen and oxygen atoms in total. The highest BCUT2D eigenvalue weighted by molar-refractivity contribution is 7.09. The molecule has 270 valence electrons. The van der Waals surface area contributed by atoms with Crippen molar-refractivity contribution < 1.29 is 33.9 Å². The molecule has 13 heteroatoms. The highest BCUT2D eigenvalue weighted by atomic mass is 32.1. The first-order valence-corrected chi connectivity index (χ1v) is 17.5. The van der Waals surface area contributed by atoms with Crippen molar-refractivity contribution in [2.75, 3.05) is 12.3 Å². The number of rotatable bonds is 20. The number of nitrogen functional groups attached to an aromatic ring is 1. The monoisotopic (exact) mass is 699 g/mol. The number of carboxylic acids is 1. The SMILES string of the molecule is C#CCCCON(C(=O)[C@@H](N)[C@@H](C)CC)[C@H](C[C@@H](OC(C)=O)c1nc(C(=O)N[C@@H](Cc2ccc(N)cc2)CC(C)(C)C(=O)O)cs1)C(C)C. The van der Waals surface area contributed by atoms with Gasteiger partial charge >= 0.3 is 11.9 Å². The van der Waals surface area contributed by atoms with Crippen LogP contribution in [0.4, 0.5) is 5.69 Å². The van der Waals surface area contributed by atoms with Crippen LogP contribution >= 0.6 is 11.3 Å². The number of hydrogen-bond donors (Lipinski definition) is 4. The average molecular weight is 700 g/mol. The summed E-state index contributed by atoms with van der Waals surface area (Å²) in [6.45, 7) is 12.4. The van der Waals surface area contributed by atoms with Gasteiger partial charge in [0.25, 0.3) is 11.8 Å². The van der Waals surface area contributed by atoms with Crippen molar-refractivity contribution in [1.82, 2.24) is 15.4 Å². The van der Waals surface area contributed by atoms with Gasteiger partial charge in [-0.15, -0.1) is 23.7 Å². The molecule has 1 heterocycles. The van der Waals surface area contributed by atoms with E-state index >= 15 is 0 Å². The van der Waals surface area contributed by atoms with E-state index in [2.05, 4.69) is 16.2 Å². The molecule has 0 saturated carbocycles. The normalized spacial score (nSPS) is 14.6. The molecule has 0 unspecified atom stereocenters. The number of unbranched alkanes of at least 4 members (excludes halogenated alkanes) is 1. The molecule has 1 aromatic heterocycles. The van der Waals surface area contributed by atoms with Crippen molar-refractivity contribution in [3.8, 4) is 12.3 Å². The number of hydroxylamine groups is 2. The first-order valence-electron chi connectivity index (χ1n) is 16.7. The number of amides is 2. The van der Waals surface area contributed by atoms with Gasteiger partial charge in [0.2, 0.25) is 0 Å². The average Bonchev–Trinajstić information content (AvgIpc) is 3.53. The van der Waals surface area contributed by atoms with Crippen LogP contribution in [0.2, 0.25) is 0 Å². The number of aromatic nitrogens is 1. The number of nitrogens with one attached hydrogen (secondary N) is 1. The van der Waals surface area contributed by atoms with Gasteiger partial charge in [-0.3, -0.25) is 24.0 Å². The molecule has 2 rings (SSSR count). The number of benzene rings is 1. The predicted octanol–water partition coefficient (Wildman–Crippen LogP) is 5.13.